The normalized spacial score (nSPS) is 10.9. The van der Waals surface area contributed by atoms with E-state index < -0.39 is 0 Å². The van der Waals surface area contributed by atoms with Crippen molar-refractivity contribution < 1.29 is 0 Å². The summed E-state index contributed by atoms with van der Waals surface area (Å²) in [7, 11) is 0. The molecule has 0 aliphatic carbocycles. The first-order valence-corrected chi connectivity index (χ1v) is 7.46. The molecule has 2 heterocycles. The number of H-pyrrole nitrogens is 1. The van der Waals surface area contributed by atoms with Crippen LogP contribution in [0.25, 0.3) is 22.2 Å². The second kappa shape index (κ2) is 5.49. The highest BCUT2D eigenvalue weighted by molar-refractivity contribution is 5.80. The first-order chi connectivity index (χ1) is 10.9. The minimum absolute atomic E-state index is 0.876. The van der Waals surface area contributed by atoms with E-state index in [4.69, 9.17) is 0 Å². The van der Waals surface area contributed by atoms with Crippen LogP contribution in [0.2, 0.25) is 0 Å². The van der Waals surface area contributed by atoms with Gasteiger partial charge in [0.1, 0.15) is 0 Å². The number of fused-ring (bicyclic) bond motifs is 1. The molecule has 4 aromatic rings. The van der Waals surface area contributed by atoms with Gasteiger partial charge in [0.05, 0.1) is 5.69 Å². The van der Waals surface area contributed by atoms with Crippen molar-refractivity contribution in [2.24, 2.45) is 0 Å². The van der Waals surface area contributed by atoms with E-state index >= 15 is 0 Å². The van der Waals surface area contributed by atoms with E-state index in [1.807, 2.05) is 18.3 Å². The Bertz CT molecular complexity index is 874. The maximum absolute atomic E-state index is 4.48. The van der Waals surface area contributed by atoms with E-state index in [1.165, 1.54) is 27.7 Å². The van der Waals surface area contributed by atoms with Crippen LogP contribution in [0.3, 0.4) is 0 Å². The predicted molar refractivity (Wildman–Crippen MR) is 90.8 cm³/mol. The fourth-order valence-corrected chi connectivity index (χ4v) is 2.88. The van der Waals surface area contributed by atoms with Crippen LogP contribution < -0.4 is 0 Å². The molecule has 0 unspecified atom stereocenters. The topological polar surface area (TPSA) is 28.7 Å². The van der Waals surface area contributed by atoms with E-state index in [2.05, 4.69) is 70.6 Å². The largest absolute Gasteiger partial charge is 0.358 e. The number of rotatable bonds is 3. The maximum atomic E-state index is 4.48. The van der Waals surface area contributed by atoms with Crippen LogP contribution in [-0.4, -0.2) is 9.97 Å². The van der Waals surface area contributed by atoms with Crippen molar-refractivity contribution in [3.05, 3.63) is 90.3 Å². The van der Waals surface area contributed by atoms with E-state index in [-0.39, 0.29) is 0 Å². The third-order valence-corrected chi connectivity index (χ3v) is 3.92. The van der Waals surface area contributed by atoms with Crippen LogP contribution in [0.15, 0.2) is 79.0 Å². The van der Waals surface area contributed by atoms with Crippen molar-refractivity contribution in [3.63, 3.8) is 0 Å². The van der Waals surface area contributed by atoms with Gasteiger partial charge in [-0.2, -0.15) is 0 Å². The highest BCUT2D eigenvalue weighted by Gasteiger charge is 2.08. The smallest absolute Gasteiger partial charge is 0.0704 e. The number of pyridine rings is 1. The van der Waals surface area contributed by atoms with Gasteiger partial charge in [0, 0.05) is 29.4 Å². The van der Waals surface area contributed by atoms with E-state index in [0.717, 1.165) is 12.1 Å². The summed E-state index contributed by atoms with van der Waals surface area (Å²) in [4.78, 5) is 7.99. The second-order valence-corrected chi connectivity index (χ2v) is 5.43. The monoisotopic (exact) mass is 284 g/mol. The Hall–Kier alpha value is -2.87. The SMILES string of the molecule is c1ccc(-c2ccccc2Cc2cc3ccccc3[nH]2)nc1. The lowest BCUT2D eigenvalue weighted by atomic mass is 10.00. The van der Waals surface area contributed by atoms with Crippen molar-refractivity contribution in [2.75, 3.05) is 0 Å². The number of aromatic amines is 1. The number of benzene rings is 2. The minimum atomic E-state index is 0.876. The van der Waals surface area contributed by atoms with Crippen LogP contribution in [-0.2, 0) is 6.42 Å². The third kappa shape index (κ3) is 2.40. The quantitative estimate of drug-likeness (QED) is 0.574. The van der Waals surface area contributed by atoms with Crippen LogP contribution in [0, 0.1) is 0 Å². The summed E-state index contributed by atoms with van der Waals surface area (Å²) >= 11 is 0. The summed E-state index contributed by atoms with van der Waals surface area (Å²) in [6.07, 6.45) is 2.72. The summed E-state index contributed by atoms with van der Waals surface area (Å²) in [6, 6.07) is 25.1. The average molecular weight is 284 g/mol. The van der Waals surface area contributed by atoms with Gasteiger partial charge in [-0.05, 0) is 35.2 Å². The molecule has 2 nitrogen and oxygen atoms in total. The second-order valence-electron chi connectivity index (χ2n) is 5.43. The lowest BCUT2D eigenvalue weighted by Gasteiger charge is -2.08. The molecule has 0 atom stereocenters. The molecular formula is C20H16N2. The zero-order chi connectivity index (χ0) is 14.8. The van der Waals surface area contributed by atoms with Gasteiger partial charge in [0.25, 0.3) is 0 Å². The van der Waals surface area contributed by atoms with Gasteiger partial charge in [0.15, 0.2) is 0 Å². The Labute approximate surface area is 129 Å². The molecule has 0 saturated heterocycles. The van der Waals surface area contributed by atoms with Crippen molar-refractivity contribution in [1.29, 1.82) is 0 Å². The molecule has 2 aromatic carbocycles. The molecule has 0 spiro atoms. The molecule has 2 heteroatoms. The molecule has 1 N–H and O–H groups in total. The molecule has 0 saturated carbocycles. The number of nitrogens with zero attached hydrogens (tertiary/aromatic N) is 1. The van der Waals surface area contributed by atoms with Gasteiger partial charge in [0.2, 0.25) is 0 Å². The molecule has 106 valence electrons. The molecule has 22 heavy (non-hydrogen) atoms. The van der Waals surface area contributed by atoms with Gasteiger partial charge in [-0.15, -0.1) is 0 Å². The third-order valence-electron chi connectivity index (χ3n) is 3.92. The lowest BCUT2D eigenvalue weighted by Crippen LogP contribution is -1.93. The maximum Gasteiger partial charge on any atom is 0.0704 e. The number of hydrogen-bond donors (Lipinski definition) is 1. The average Bonchev–Trinajstić information content (AvgIpc) is 2.98. The van der Waals surface area contributed by atoms with Crippen LogP contribution in [0.1, 0.15) is 11.3 Å². The Kier molecular flexibility index (Phi) is 3.20. The highest BCUT2D eigenvalue weighted by atomic mass is 14.7. The Balaban J connectivity index is 1.74. The number of para-hydroxylation sites is 1. The molecule has 0 fully saturated rings. The molecule has 0 radical (unpaired) electrons. The fraction of sp³-hybridized carbons (Fsp3) is 0.0500. The molecule has 4 rings (SSSR count). The van der Waals surface area contributed by atoms with Gasteiger partial charge in [-0.1, -0.05) is 48.5 Å². The number of aromatic nitrogens is 2. The predicted octanol–water partition coefficient (Wildman–Crippen LogP) is 4.82. The Morgan fingerprint density at radius 3 is 2.50 bits per heavy atom. The van der Waals surface area contributed by atoms with Crippen LogP contribution >= 0.6 is 0 Å². The van der Waals surface area contributed by atoms with Crippen molar-refractivity contribution in [2.45, 2.75) is 6.42 Å². The summed E-state index contributed by atoms with van der Waals surface area (Å²) in [6.45, 7) is 0. The minimum Gasteiger partial charge on any atom is -0.358 e. The number of hydrogen-bond acceptors (Lipinski definition) is 1. The summed E-state index contributed by atoms with van der Waals surface area (Å²) in [5.41, 5.74) is 5.92. The van der Waals surface area contributed by atoms with Crippen molar-refractivity contribution in [1.82, 2.24) is 9.97 Å². The zero-order valence-electron chi connectivity index (χ0n) is 12.2. The molecule has 0 aliphatic rings. The molecular weight excluding hydrogens is 268 g/mol. The van der Waals surface area contributed by atoms with Gasteiger partial charge < -0.3 is 4.98 Å². The van der Waals surface area contributed by atoms with Crippen molar-refractivity contribution in [3.8, 4) is 11.3 Å². The zero-order valence-corrected chi connectivity index (χ0v) is 12.2. The van der Waals surface area contributed by atoms with E-state index in [9.17, 15) is 0 Å². The molecule has 0 bridgehead atoms. The van der Waals surface area contributed by atoms with Gasteiger partial charge in [-0.3, -0.25) is 4.98 Å². The fourth-order valence-electron chi connectivity index (χ4n) is 2.88. The van der Waals surface area contributed by atoms with Crippen LogP contribution in [0.4, 0.5) is 0 Å². The van der Waals surface area contributed by atoms with Gasteiger partial charge >= 0.3 is 0 Å². The first kappa shape index (κ1) is 12.8. The van der Waals surface area contributed by atoms with Crippen molar-refractivity contribution >= 4 is 10.9 Å². The molecule has 2 aromatic heterocycles. The lowest BCUT2D eigenvalue weighted by molar-refractivity contribution is 1.12. The Morgan fingerprint density at radius 2 is 1.64 bits per heavy atom. The Morgan fingerprint density at radius 1 is 0.818 bits per heavy atom. The molecule has 0 amide bonds. The highest BCUT2D eigenvalue weighted by Crippen LogP contribution is 2.25. The van der Waals surface area contributed by atoms with Gasteiger partial charge in [-0.25, -0.2) is 0 Å². The summed E-state index contributed by atoms with van der Waals surface area (Å²) < 4.78 is 0. The van der Waals surface area contributed by atoms with E-state index in [0.29, 0.717) is 0 Å². The van der Waals surface area contributed by atoms with Crippen LogP contribution in [0.5, 0.6) is 0 Å². The standard InChI is InChI=1S/C20H16N2/c1-3-9-18(20-11-5-6-12-21-20)15(7-1)13-17-14-16-8-2-4-10-19(16)22-17/h1-12,14,22H,13H2. The number of nitrogens with one attached hydrogen (secondary N) is 1. The molecule has 0 aliphatic heterocycles. The summed E-state index contributed by atoms with van der Waals surface area (Å²) in [5.74, 6) is 0. The van der Waals surface area contributed by atoms with E-state index in [1.54, 1.807) is 0 Å². The summed E-state index contributed by atoms with van der Waals surface area (Å²) in [5, 5.41) is 1.26. The first-order valence-electron chi connectivity index (χ1n) is 7.46.